The highest BCUT2D eigenvalue weighted by Crippen LogP contribution is 2.27. The predicted octanol–water partition coefficient (Wildman–Crippen LogP) is 2.52. The number of carbonyl (C=O) groups is 4. The van der Waals surface area contributed by atoms with E-state index in [1.54, 1.807) is 12.1 Å². The minimum absolute atomic E-state index is 0.0173. The molecule has 33 heavy (non-hydrogen) atoms. The first-order valence-electron chi connectivity index (χ1n) is 10.9. The van der Waals surface area contributed by atoms with Crippen LogP contribution in [0.4, 0.5) is 9.18 Å². The van der Waals surface area contributed by atoms with Crippen LogP contribution in [-0.4, -0.2) is 47.0 Å². The molecule has 1 aliphatic carbocycles. The summed E-state index contributed by atoms with van der Waals surface area (Å²) >= 11 is 5.23. The predicted molar refractivity (Wildman–Crippen MR) is 119 cm³/mol. The Hall–Kier alpha value is -2.88. The van der Waals surface area contributed by atoms with Gasteiger partial charge in [0.15, 0.2) is 0 Å². The molecular formula is C22H30ClFN4O5. The van der Waals surface area contributed by atoms with Crippen LogP contribution >= 0.6 is 11.6 Å². The van der Waals surface area contributed by atoms with E-state index in [0.717, 1.165) is 37.7 Å². The van der Waals surface area contributed by atoms with Gasteiger partial charge in [0.05, 0.1) is 6.54 Å². The second kappa shape index (κ2) is 13.6. The maximum absolute atomic E-state index is 13.4. The van der Waals surface area contributed by atoms with E-state index in [-0.39, 0.29) is 25.5 Å². The molecule has 0 spiro atoms. The van der Waals surface area contributed by atoms with Crippen LogP contribution in [0.2, 0.25) is 0 Å². The first-order valence-corrected chi connectivity index (χ1v) is 11.4. The molecule has 0 saturated heterocycles. The second-order valence-electron chi connectivity index (χ2n) is 7.98. The topological polar surface area (TPSA) is 131 Å². The fourth-order valence-electron chi connectivity index (χ4n) is 3.67. The molecule has 0 radical (unpaired) electrons. The Balaban J connectivity index is 2.05. The van der Waals surface area contributed by atoms with Crippen molar-refractivity contribution in [3.63, 3.8) is 0 Å². The number of halogens is 2. The number of hydrazine groups is 1. The van der Waals surface area contributed by atoms with Crippen molar-refractivity contribution < 1.29 is 28.3 Å². The number of benzene rings is 1. The Kier molecular flexibility index (Phi) is 10.9. The number of ether oxygens (including phenoxy) is 1. The van der Waals surface area contributed by atoms with Gasteiger partial charge in [-0.1, -0.05) is 74.0 Å². The number of amides is 4. The van der Waals surface area contributed by atoms with Crippen LogP contribution in [-0.2, 0) is 25.7 Å². The van der Waals surface area contributed by atoms with Crippen LogP contribution < -0.4 is 16.5 Å². The third kappa shape index (κ3) is 9.65. The SMILES string of the molecule is NC(=O)CCN(NC(=O)[C@H](CC1CCCCC1)NC(=O)OCc1ccccc1)C(=O)C(F)Cl. The van der Waals surface area contributed by atoms with Crippen LogP contribution in [0.3, 0.4) is 0 Å². The summed E-state index contributed by atoms with van der Waals surface area (Å²) in [6.07, 6.45) is 4.19. The number of primary amides is 1. The van der Waals surface area contributed by atoms with Gasteiger partial charge in [-0.05, 0) is 17.9 Å². The summed E-state index contributed by atoms with van der Waals surface area (Å²) in [4.78, 5) is 48.4. The van der Waals surface area contributed by atoms with Crippen LogP contribution in [0.1, 0.15) is 50.5 Å². The molecule has 0 bridgehead atoms. The Morgan fingerprint density at radius 2 is 1.82 bits per heavy atom. The van der Waals surface area contributed by atoms with Gasteiger partial charge in [0.2, 0.25) is 5.91 Å². The number of alkyl carbamates (subject to hydrolysis) is 1. The van der Waals surface area contributed by atoms with Gasteiger partial charge >= 0.3 is 6.09 Å². The molecule has 182 valence electrons. The lowest BCUT2D eigenvalue weighted by Gasteiger charge is -2.29. The largest absolute Gasteiger partial charge is 0.445 e. The van der Waals surface area contributed by atoms with E-state index in [0.29, 0.717) is 11.4 Å². The monoisotopic (exact) mass is 484 g/mol. The van der Waals surface area contributed by atoms with Crippen molar-refractivity contribution in [3.8, 4) is 0 Å². The molecule has 11 heteroatoms. The fraction of sp³-hybridized carbons (Fsp3) is 0.545. The summed E-state index contributed by atoms with van der Waals surface area (Å²) in [5.41, 5.74) is 5.71. The standard InChI is InChI=1S/C22H30ClFN4O5/c23-19(24)21(31)28(12-11-18(25)29)27-20(30)17(13-15-7-3-1-4-8-15)26-22(32)33-14-16-9-5-2-6-10-16/h2,5-6,9-10,15,17,19H,1,3-4,7-8,11-14H2,(H2,25,29)(H,26,32)(H,27,30)/t17-,19?/m0/s1. The van der Waals surface area contributed by atoms with E-state index in [9.17, 15) is 23.6 Å². The number of hydrogen-bond acceptors (Lipinski definition) is 5. The number of carbonyl (C=O) groups excluding carboxylic acids is 4. The zero-order chi connectivity index (χ0) is 24.2. The maximum Gasteiger partial charge on any atom is 0.408 e. The Morgan fingerprint density at radius 1 is 1.15 bits per heavy atom. The van der Waals surface area contributed by atoms with Gasteiger partial charge in [-0.25, -0.2) is 14.2 Å². The molecular weight excluding hydrogens is 455 g/mol. The molecule has 0 aliphatic heterocycles. The van der Waals surface area contributed by atoms with Crippen molar-refractivity contribution in [2.24, 2.45) is 11.7 Å². The average molecular weight is 485 g/mol. The molecule has 1 unspecified atom stereocenters. The van der Waals surface area contributed by atoms with E-state index in [1.165, 1.54) is 0 Å². The highest BCUT2D eigenvalue weighted by atomic mass is 35.5. The number of hydrogen-bond donors (Lipinski definition) is 3. The average Bonchev–Trinajstić information content (AvgIpc) is 2.80. The van der Waals surface area contributed by atoms with Crippen LogP contribution in [0.15, 0.2) is 30.3 Å². The lowest BCUT2D eigenvalue weighted by atomic mass is 9.84. The van der Waals surface area contributed by atoms with Gasteiger partial charge in [0.1, 0.15) is 12.6 Å². The molecule has 1 aliphatic rings. The highest BCUT2D eigenvalue weighted by molar-refractivity contribution is 6.29. The fourth-order valence-corrected chi connectivity index (χ4v) is 3.78. The molecule has 0 aromatic heterocycles. The number of alkyl halides is 2. The summed E-state index contributed by atoms with van der Waals surface area (Å²) in [5.74, 6) is -2.53. The van der Waals surface area contributed by atoms with E-state index >= 15 is 0 Å². The maximum atomic E-state index is 13.4. The first-order chi connectivity index (χ1) is 15.8. The number of nitrogens with one attached hydrogen (secondary N) is 2. The zero-order valence-electron chi connectivity index (χ0n) is 18.3. The summed E-state index contributed by atoms with van der Waals surface area (Å²) in [5, 5.41) is 3.15. The van der Waals surface area contributed by atoms with Crippen molar-refractivity contribution in [1.82, 2.24) is 15.8 Å². The van der Waals surface area contributed by atoms with Gasteiger partial charge in [-0.3, -0.25) is 19.8 Å². The van der Waals surface area contributed by atoms with E-state index < -0.39 is 35.5 Å². The van der Waals surface area contributed by atoms with Gasteiger partial charge < -0.3 is 15.8 Å². The van der Waals surface area contributed by atoms with Crippen molar-refractivity contribution in [2.45, 2.75) is 63.2 Å². The molecule has 1 fully saturated rings. The van der Waals surface area contributed by atoms with Gasteiger partial charge in [0.25, 0.3) is 17.4 Å². The van der Waals surface area contributed by atoms with Crippen molar-refractivity contribution in [3.05, 3.63) is 35.9 Å². The van der Waals surface area contributed by atoms with E-state index in [4.69, 9.17) is 22.1 Å². The van der Waals surface area contributed by atoms with Crippen LogP contribution in [0.25, 0.3) is 0 Å². The normalized spacial score (nSPS) is 15.7. The number of nitrogens with zero attached hydrogens (tertiary/aromatic N) is 1. The van der Waals surface area contributed by atoms with Crippen molar-refractivity contribution in [2.75, 3.05) is 6.54 Å². The van der Waals surface area contributed by atoms with Crippen LogP contribution in [0.5, 0.6) is 0 Å². The van der Waals surface area contributed by atoms with E-state index in [1.807, 2.05) is 18.2 Å². The van der Waals surface area contributed by atoms with Crippen molar-refractivity contribution >= 4 is 35.4 Å². The molecule has 2 atom stereocenters. The zero-order valence-corrected chi connectivity index (χ0v) is 19.1. The Bertz CT molecular complexity index is 805. The Labute approximate surface area is 197 Å². The van der Waals surface area contributed by atoms with Crippen molar-refractivity contribution in [1.29, 1.82) is 0 Å². The molecule has 4 N–H and O–H groups in total. The number of rotatable bonds is 10. The number of nitrogens with two attached hydrogens (primary N) is 1. The summed E-state index contributed by atoms with van der Waals surface area (Å²) in [6.45, 7) is -0.342. The molecule has 0 heterocycles. The lowest BCUT2D eigenvalue weighted by molar-refractivity contribution is -0.144. The Morgan fingerprint density at radius 3 is 2.42 bits per heavy atom. The van der Waals surface area contributed by atoms with Gasteiger partial charge in [-0.2, -0.15) is 0 Å². The molecule has 2 rings (SSSR count). The third-order valence-electron chi connectivity index (χ3n) is 5.39. The third-order valence-corrected chi connectivity index (χ3v) is 5.58. The van der Waals surface area contributed by atoms with Gasteiger partial charge in [-0.15, -0.1) is 0 Å². The second-order valence-corrected chi connectivity index (χ2v) is 8.36. The molecule has 1 aromatic carbocycles. The first kappa shape index (κ1) is 26.4. The molecule has 9 nitrogen and oxygen atoms in total. The van der Waals surface area contributed by atoms with Crippen LogP contribution in [0, 0.1) is 5.92 Å². The minimum Gasteiger partial charge on any atom is -0.445 e. The molecule has 1 aromatic rings. The summed E-state index contributed by atoms with van der Waals surface area (Å²) in [7, 11) is 0. The van der Waals surface area contributed by atoms with E-state index in [2.05, 4.69) is 10.7 Å². The van der Waals surface area contributed by atoms with Gasteiger partial charge in [0, 0.05) is 6.42 Å². The smallest absolute Gasteiger partial charge is 0.408 e. The minimum atomic E-state index is -2.42. The molecule has 4 amide bonds. The molecule has 1 saturated carbocycles. The summed E-state index contributed by atoms with van der Waals surface area (Å²) < 4.78 is 18.6. The highest BCUT2D eigenvalue weighted by Gasteiger charge is 2.30. The quantitative estimate of drug-likeness (QED) is 0.347. The summed E-state index contributed by atoms with van der Waals surface area (Å²) in [6, 6.07) is 8.00. The lowest BCUT2D eigenvalue weighted by Crippen LogP contribution is -2.56.